The van der Waals surface area contributed by atoms with Crippen LogP contribution in [0.15, 0.2) is 46.8 Å². The quantitative estimate of drug-likeness (QED) is 0.322. The molecule has 0 aliphatic carbocycles. The van der Waals surface area contributed by atoms with Gasteiger partial charge in [-0.1, -0.05) is 18.2 Å². The lowest BCUT2D eigenvalue weighted by Crippen LogP contribution is -2.52. The number of carbonyl (C=O) groups is 1. The summed E-state index contributed by atoms with van der Waals surface area (Å²) in [5.74, 6) is 0.940. The Morgan fingerprint density at radius 1 is 1.17 bits per heavy atom. The van der Waals surface area contributed by atoms with Crippen LogP contribution in [0.4, 0.5) is 0 Å². The van der Waals surface area contributed by atoms with Crippen molar-refractivity contribution in [3.05, 3.63) is 57.8 Å². The summed E-state index contributed by atoms with van der Waals surface area (Å²) in [5, 5.41) is 8.25. The Hall–Kier alpha value is -1.65. The van der Waals surface area contributed by atoms with Crippen LogP contribution in [0.5, 0.6) is 0 Å². The van der Waals surface area contributed by atoms with E-state index in [1.165, 1.54) is 4.88 Å². The van der Waals surface area contributed by atoms with Gasteiger partial charge in [0.1, 0.15) is 0 Å². The van der Waals surface area contributed by atoms with Gasteiger partial charge in [0, 0.05) is 63.3 Å². The van der Waals surface area contributed by atoms with Crippen molar-refractivity contribution in [2.24, 2.45) is 4.99 Å². The highest BCUT2D eigenvalue weighted by Gasteiger charge is 2.19. The van der Waals surface area contributed by atoms with Gasteiger partial charge in [-0.05, 0) is 42.5 Å². The lowest BCUT2D eigenvalue weighted by Gasteiger charge is -2.36. The molecular formula is C22H32IN5OS. The van der Waals surface area contributed by atoms with Crippen molar-refractivity contribution in [3.63, 3.8) is 0 Å². The maximum absolute atomic E-state index is 11.8. The second-order valence-corrected chi connectivity index (χ2v) is 8.14. The zero-order valence-electron chi connectivity index (χ0n) is 17.8. The molecule has 164 valence electrons. The second kappa shape index (κ2) is 12.9. The van der Waals surface area contributed by atoms with Gasteiger partial charge in [-0.3, -0.25) is 14.7 Å². The standard InChI is InChI=1S/C22H31N5OS.HI/c1-3-24-22(25-10-9-18-6-4-7-19(16-18)21(28)23-2)27-13-11-26(12-14-27)17-20-8-5-15-29-20;/h4-8,15-16H,3,9-14,17H2,1-2H3,(H,23,28)(H,24,25);1H. The molecule has 3 rings (SSSR count). The highest BCUT2D eigenvalue weighted by molar-refractivity contribution is 14.0. The van der Waals surface area contributed by atoms with E-state index in [1.54, 1.807) is 7.05 Å². The van der Waals surface area contributed by atoms with E-state index in [-0.39, 0.29) is 29.9 Å². The largest absolute Gasteiger partial charge is 0.357 e. The predicted molar refractivity (Wildman–Crippen MR) is 136 cm³/mol. The van der Waals surface area contributed by atoms with Crippen molar-refractivity contribution in [1.82, 2.24) is 20.4 Å². The first-order chi connectivity index (χ1) is 14.2. The highest BCUT2D eigenvalue weighted by Crippen LogP contribution is 2.14. The van der Waals surface area contributed by atoms with Crippen molar-refractivity contribution in [2.45, 2.75) is 19.9 Å². The maximum atomic E-state index is 11.8. The number of nitrogens with one attached hydrogen (secondary N) is 2. The number of hydrogen-bond donors (Lipinski definition) is 2. The Bertz CT molecular complexity index is 804. The van der Waals surface area contributed by atoms with Crippen LogP contribution in [0.3, 0.4) is 0 Å². The number of amides is 1. The number of nitrogens with zero attached hydrogens (tertiary/aromatic N) is 3. The molecule has 2 aromatic rings. The Labute approximate surface area is 200 Å². The normalized spacial score (nSPS) is 14.9. The first kappa shape index (κ1) is 24.6. The van der Waals surface area contributed by atoms with Gasteiger partial charge >= 0.3 is 0 Å². The van der Waals surface area contributed by atoms with Gasteiger partial charge in [0.2, 0.25) is 0 Å². The molecule has 1 aliphatic heterocycles. The fourth-order valence-electron chi connectivity index (χ4n) is 3.47. The summed E-state index contributed by atoms with van der Waals surface area (Å²) in [6.07, 6.45) is 0.818. The number of aliphatic imine (C=N–C) groups is 1. The monoisotopic (exact) mass is 541 g/mol. The summed E-state index contributed by atoms with van der Waals surface area (Å²) in [6.45, 7) is 8.80. The number of halogens is 1. The maximum Gasteiger partial charge on any atom is 0.251 e. The Morgan fingerprint density at radius 3 is 2.63 bits per heavy atom. The molecule has 6 nitrogen and oxygen atoms in total. The molecule has 0 atom stereocenters. The van der Waals surface area contributed by atoms with Crippen LogP contribution in [0.2, 0.25) is 0 Å². The summed E-state index contributed by atoms with van der Waals surface area (Å²) in [7, 11) is 1.65. The van der Waals surface area contributed by atoms with E-state index in [2.05, 4.69) is 50.9 Å². The van der Waals surface area contributed by atoms with Gasteiger partial charge in [0.05, 0.1) is 0 Å². The molecule has 30 heavy (non-hydrogen) atoms. The van der Waals surface area contributed by atoms with E-state index in [4.69, 9.17) is 4.99 Å². The van der Waals surface area contributed by atoms with Gasteiger partial charge in [0.25, 0.3) is 5.91 Å². The summed E-state index contributed by atoms with van der Waals surface area (Å²) in [6, 6.07) is 12.1. The molecule has 0 radical (unpaired) electrons. The minimum absolute atomic E-state index is 0. The second-order valence-electron chi connectivity index (χ2n) is 7.11. The molecule has 0 bridgehead atoms. The molecule has 1 saturated heterocycles. The van der Waals surface area contributed by atoms with Gasteiger partial charge < -0.3 is 15.5 Å². The minimum atomic E-state index is -0.0518. The number of piperazine rings is 1. The Kier molecular flexibility index (Phi) is 10.6. The SMILES string of the molecule is CCNC(=NCCc1cccc(C(=O)NC)c1)N1CCN(Cc2cccs2)CC1.I. The van der Waals surface area contributed by atoms with E-state index in [0.29, 0.717) is 12.1 Å². The van der Waals surface area contributed by atoms with Crippen LogP contribution in [0.25, 0.3) is 0 Å². The molecule has 1 aliphatic rings. The first-order valence-electron chi connectivity index (χ1n) is 10.3. The zero-order valence-corrected chi connectivity index (χ0v) is 20.9. The average Bonchev–Trinajstić information content (AvgIpc) is 3.26. The third-order valence-electron chi connectivity index (χ3n) is 5.04. The summed E-state index contributed by atoms with van der Waals surface area (Å²) >= 11 is 1.83. The number of guanidine groups is 1. The third-order valence-corrected chi connectivity index (χ3v) is 5.91. The molecule has 1 aromatic heterocycles. The number of rotatable bonds is 7. The summed E-state index contributed by atoms with van der Waals surface area (Å²) < 4.78 is 0. The summed E-state index contributed by atoms with van der Waals surface area (Å²) in [4.78, 5) is 22.9. The van der Waals surface area contributed by atoms with E-state index >= 15 is 0 Å². The molecule has 8 heteroatoms. The molecule has 0 unspecified atom stereocenters. The van der Waals surface area contributed by atoms with E-state index in [1.807, 2.05) is 29.5 Å². The van der Waals surface area contributed by atoms with Crippen molar-refractivity contribution in [2.75, 3.05) is 46.3 Å². The van der Waals surface area contributed by atoms with Crippen LogP contribution >= 0.6 is 35.3 Å². The number of thiophene rings is 1. The van der Waals surface area contributed by atoms with Crippen molar-refractivity contribution in [3.8, 4) is 0 Å². The first-order valence-corrected chi connectivity index (χ1v) is 11.2. The van der Waals surface area contributed by atoms with Crippen molar-refractivity contribution >= 4 is 47.2 Å². The lowest BCUT2D eigenvalue weighted by molar-refractivity contribution is 0.0963. The number of carbonyl (C=O) groups excluding carboxylic acids is 1. The fraction of sp³-hybridized carbons (Fsp3) is 0.455. The molecule has 0 saturated carbocycles. The van der Waals surface area contributed by atoms with Crippen molar-refractivity contribution in [1.29, 1.82) is 0 Å². The van der Waals surface area contributed by atoms with Crippen LogP contribution in [-0.4, -0.2) is 68.0 Å². The van der Waals surface area contributed by atoms with Gasteiger partial charge in [-0.15, -0.1) is 35.3 Å². The van der Waals surface area contributed by atoms with Crippen LogP contribution in [0, 0.1) is 0 Å². The van der Waals surface area contributed by atoms with Crippen molar-refractivity contribution < 1.29 is 4.79 Å². The molecule has 2 heterocycles. The van der Waals surface area contributed by atoms with Gasteiger partial charge in [-0.25, -0.2) is 0 Å². The molecule has 0 spiro atoms. The van der Waals surface area contributed by atoms with E-state index < -0.39 is 0 Å². The molecule has 1 amide bonds. The minimum Gasteiger partial charge on any atom is -0.357 e. The van der Waals surface area contributed by atoms with E-state index in [0.717, 1.165) is 57.2 Å². The van der Waals surface area contributed by atoms with Crippen LogP contribution < -0.4 is 10.6 Å². The third kappa shape index (κ3) is 7.24. The predicted octanol–water partition coefficient (Wildman–Crippen LogP) is 3.05. The van der Waals surface area contributed by atoms with Gasteiger partial charge in [-0.2, -0.15) is 0 Å². The summed E-state index contributed by atoms with van der Waals surface area (Å²) in [5.41, 5.74) is 1.83. The van der Waals surface area contributed by atoms with E-state index in [9.17, 15) is 4.79 Å². The molecule has 2 N–H and O–H groups in total. The zero-order chi connectivity index (χ0) is 20.5. The Balaban J connectivity index is 0.00000320. The lowest BCUT2D eigenvalue weighted by atomic mass is 10.1. The topological polar surface area (TPSA) is 60.0 Å². The number of benzene rings is 1. The number of hydrogen-bond acceptors (Lipinski definition) is 4. The molecular weight excluding hydrogens is 509 g/mol. The van der Waals surface area contributed by atoms with Gasteiger partial charge in [0.15, 0.2) is 5.96 Å². The molecule has 1 aromatic carbocycles. The highest BCUT2D eigenvalue weighted by atomic mass is 127. The molecule has 1 fully saturated rings. The van der Waals surface area contributed by atoms with Crippen LogP contribution in [-0.2, 0) is 13.0 Å². The smallest absolute Gasteiger partial charge is 0.251 e. The Morgan fingerprint density at radius 2 is 1.97 bits per heavy atom. The fourth-order valence-corrected chi connectivity index (χ4v) is 4.22. The van der Waals surface area contributed by atoms with Crippen LogP contribution in [0.1, 0.15) is 27.7 Å². The average molecular weight is 542 g/mol.